The van der Waals surface area contributed by atoms with Gasteiger partial charge in [-0.3, -0.25) is 0 Å². The number of fused-ring (bicyclic) bond motifs is 1. The van der Waals surface area contributed by atoms with Crippen molar-refractivity contribution < 1.29 is 9.53 Å². The van der Waals surface area contributed by atoms with E-state index in [0.29, 0.717) is 12.3 Å². The minimum atomic E-state index is -0.340. The molecule has 2 rings (SSSR count). The van der Waals surface area contributed by atoms with Crippen LogP contribution < -0.4 is 10.6 Å². The molecule has 84 valence electrons. The quantitative estimate of drug-likeness (QED) is 0.691. The van der Waals surface area contributed by atoms with Crippen LogP contribution in [0.2, 0.25) is 0 Å². The maximum absolute atomic E-state index is 11.6. The molecule has 0 aromatic carbocycles. The lowest BCUT2D eigenvalue weighted by Gasteiger charge is -2.06. The van der Waals surface area contributed by atoms with Crippen molar-refractivity contribution >= 4 is 18.1 Å². The fourth-order valence-electron chi connectivity index (χ4n) is 1.89. The molecular weight excluding hydrogens is 202 g/mol. The molecule has 1 aromatic heterocycles. The molecule has 0 saturated carbocycles. The van der Waals surface area contributed by atoms with Gasteiger partial charge in [0, 0.05) is 0 Å². The van der Waals surface area contributed by atoms with Crippen LogP contribution in [0.25, 0.3) is 12.2 Å². The van der Waals surface area contributed by atoms with Gasteiger partial charge in [0.05, 0.1) is 12.0 Å². The van der Waals surface area contributed by atoms with Gasteiger partial charge in [-0.2, -0.15) is 0 Å². The summed E-state index contributed by atoms with van der Waals surface area (Å²) in [4.78, 5) is 15.9. The van der Waals surface area contributed by atoms with E-state index in [9.17, 15) is 4.79 Å². The van der Waals surface area contributed by atoms with Crippen LogP contribution in [0.15, 0.2) is 6.07 Å². The molecule has 0 N–H and O–H groups in total. The zero-order valence-electron chi connectivity index (χ0n) is 9.62. The summed E-state index contributed by atoms with van der Waals surface area (Å²) < 4.78 is 4.95. The zero-order valence-corrected chi connectivity index (χ0v) is 9.62. The number of carbonyl (C=O) groups excluding carboxylic acids is 1. The molecule has 1 aliphatic carbocycles. The van der Waals surface area contributed by atoms with Gasteiger partial charge < -0.3 is 4.74 Å². The molecule has 0 aliphatic heterocycles. The number of carbonyl (C=O) groups is 1. The number of rotatable bonds is 2. The Morgan fingerprint density at radius 2 is 2.19 bits per heavy atom. The second-order valence-corrected chi connectivity index (χ2v) is 3.83. The first-order chi connectivity index (χ1) is 7.72. The largest absolute Gasteiger partial charge is 0.461 e. The SMILES string of the molecule is CCOC(=O)c1cc(C)c2c(n1)=CCCC=2. The van der Waals surface area contributed by atoms with E-state index in [1.54, 1.807) is 13.0 Å². The zero-order chi connectivity index (χ0) is 11.5. The van der Waals surface area contributed by atoms with Gasteiger partial charge in [0.15, 0.2) is 0 Å². The number of aromatic nitrogens is 1. The normalized spacial score (nSPS) is 13.4. The summed E-state index contributed by atoms with van der Waals surface area (Å²) in [5.41, 5.74) is 1.49. The Hall–Kier alpha value is -1.64. The van der Waals surface area contributed by atoms with Crippen molar-refractivity contribution in [2.24, 2.45) is 0 Å². The minimum Gasteiger partial charge on any atom is -0.461 e. The Balaban J connectivity index is 2.53. The average Bonchev–Trinajstić information content (AvgIpc) is 2.29. The molecule has 1 aliphatic rings. The van der Waals surface area contributed by atoms with Crippen LogP contribution in [0.5, 0.6) is 0 Å². The highest BCUT2D eigenvalue weighted by Crippen LogP contribution is 2.00. The van der Waals surface area contributed by atoms with Crippen molar-refractivity contribution in [3.05, 3.63) is 27.9 Å². The standard InChI is InChI=1S/C13H15NO2/c1-3-16-13(15)12-8-9(2)10-6-4-5-7-11(10)14-12/h6-8H,3-5H2,1-2H3. The van der Waals surface area contributed by atoms with Crippen molar-refractivity contribution in [1.29, 1.82) is 0 Å². The lowest BCUT2D eigenvalue weighted by Crippen LogP contribution is -2.34. The molecule has 1 heterocycles. The van der Waals surface area contributed by atoms with Gasteiger partial charge in [-0.1, -0.05) is 12.2 Å². The van der Waals surface area contributed by atoms with Crippen molar-refractivity contribution in [1.82, 2.24) is 4.98 Å². The van der Waals surface area contributed by atoms with Crippen LogP contribution in [0.4, 0.5) is 0 Å². The number of ether oxygens (including phenoxy) is 1. The number of hydrogen-bond donors (Lipinski definition) is 0. The predicted molar refractivity (Wildman–Crippen MR) is 62.3 cm³/mol. The maximum Gasteiger partial charge on any atom is 0.356 e. The summed E-state index contributed by atoms with van der Waals surface area (Å²) in [6, 6.07) is 1.80. The lowest BCUT2D eigenvalue weighted by molar-refractivity contribution is 0.0519. The fourth-order valence-corrected chi connectivity index (χ4v) is 1.89. The molecule has 0 unspecified atom stereocenters. The minimum absolute atomic E-state index is 0.340. The number of nitrogens with zero attached hydrogens (tertiary/aromatic N) is 1. The van der Waals surface area contributed by atoms with E-state index in [4.69, 9.17) is 4.74 Å². The lowest BCUT2D eigenvalue weighted by atomic mass is 10.1. The first kappa shape index (κ1) is 10.9. The third-order valence-electron chi connectivity index (χ3n) is 2.63. The van der Waals surface area contributed by atoms with Gasteiger partial charge in [-0.05, 0) is 43.5 Å². The Kier molecular flexibility index (Phi) is 3.04. The van der Waals surface area contributed by atoms with Crippen LogP contribution in [0, 0.1) is 6.92 Å². The van der Waals surface area contributed by atoms with Crippen LogP contribution in [-0.4, -0.2) is 17.6 Å². The van der Waals surface area contributed by atoms with Gasteiger partial charge in [-0.15, -0.1) is 0 Å². The molecule has 0 amide bonds. The van der Waals surface area contributed by atoms with E-state index in [1.165, 1.54) is 0 Å². The molecule has 0 spiro atoms. The van der Waals surface area contributed by atoms with Crippen LogP contribution in [0.3, 0.4) is 0 Å². The smallest absolute Gasteiger partial charge is 0.356 e. The first-order valence-corrected chi connectivity index (χ1v) is 5.57. The van der Waals surface area contributed by atoms with E-state index in [2.05, 4.69) is 17.1 Å². The summed E-state index contributed by atoms with van der Waals surface area (Å²) >= 11 is 0. The Morgan fingerprint density at radius 1 is 1.44 bits per heavy atom. The van der Waals surface area contributed by atoms with Crippen molar-refractivity contribution in [3.63, 3.8) is 0 Å². The molecule has 0 atom stereocenters. The molecule has 3 heteroatoms. The third kappa shape index (κ3) is 1.98. The molecule has 0 saturated heterocycles. The Morgan fingerprint density at radius 3 is 2.94 bits per heavy atom. The van der Waals surface area contributed by atoms with Gasteiger partial charge in [0.1, 0.15) is 5.69 Å². The molecule has 3 nitrogen and oxygen atoms in total. The first-order valence-electron chi connectivity index (χ1n) is 5.57. The number of hydrogen-bond acceptors (Lipinski definition) is 3. The van der Waals surface area contributed by atoms with Crippen LogP contribution in [-0.2, 0) is 4.74 Å². The van der Waals surface area contributed by atoms with Crippen molar-refractivity contribution in [2.45, 2.75) is 26.7 Å². The Labute approximate surface area is 94.5 Å². The van der Waals surface area contributed by atoms with Crippen LogP contribution in [0.1, 0.15) is 35.8 Å². The van der Waals surface area contributed by atoms with Gasteiger partial charge in [0.25, 0.3) is 0 Å². The second-order valence-electron chi connectivity index (χ2n) is 3.83. The number of pyridine rings is 1. The van der Waals surface area contributed by atoms with Crippen molar-refractivity contribution in [3.8, 4) is 0 Å². The predicted octanol–water partition coefficient (Wildman–Crippen LogP) is 0.922. The number of aryl methyl sites for hydroxylation is 1. The molecule has 0 radical (unpaired) electrons. The van der Waals surface area contributed by atoms with E-state index >= 15 is 0 Å². The summed E-state index contributed by atoms with van der Waals surface area (Å²) in [5, 5.41) is 2.06. The fraction of sp³-hybridized carbons (Fsp3) is 0.385. The van der Waals surface area contributed by atoms with Crippen molar-refractivity contribution in [2.75, 3.05) is 6.61 Å². The summed E-state index contributed by atoms with van der Waals surface area (Å²) in [6.07, 6.45) is 6.29. The maximum atomic E-state index is 11.6. The van der Waals surface area contributed by atoms with E-state index in [-0.39, 0.29) is 5.97 Å². The molecule has 1 aromatic rings. The van der Waals surface area contributed by atoms with E-state index < -0.39 is 0 Å². The van der Waals surface area contributed by atoms with Gasteiger partial charge in [-0.25, -0.2) is 9.78 Å². The van der Waals surface area contributed by atoms with E-state index in [0.717, 1.165) is 29.0 Å². The summed E-state index contributed by atoms with van der Waals surface area (Å²) in [5.74, 6) is -0.340. The van der Waals surface area contributed by atoms with E-state index in [1.807, 2.05) is 6.92 Å². The summed E-state index contributed by atoms with van der Waals surface area (Å²) in [7, 11) is 0. The van der Waals surface area contributed by atoms with Gasteiger partial charge >= 0.3 is 5.97 Å². The number of esters is 1. The topological polar surface area (TPSA) is 39.2 Å². The summed E-state index contributed by atoms with van der Waals surface area (Å²) in [6.45, 7) is 4.18. The third-order valence-corrected chi connectivity index (χ3v) is 2.63. The highest BCUT2D eigenvalue weighted by Gasteiger charge is 2.10. The van der Waals surface area contributed by atoms with Gasteiger partial charge in [0.2, 0.25) is 0 Å². The highest BCUT2D eigenvalue weighted by molar-refractivity contribution is 5.87. The second kappa shape index (κ2) is 4.47. The molecule has 0 fully saturated rings. The highest BCUT2D eigenvalue weighted by atomic mass is 16.5. The van der Waals surface area contributed by atoms with Crippen LogP contribution >= 0.6 is 0 Å². The monoisotopic (exact) mass is 217 g/mol. The molecule has 16 heavy (non-hydrogen) atoms. The Bertz CT molecular complexity index is 532. The molecule has 0 bridgehead atoms. The molecular formula is C13H15NO2. The average molecular weight is 217 g/mol.